The molecule has 0 bridgehead atoms. The minimum Gasteiger partial charge on any atom is -0.311 e. The van der Waals surface area contributed by atoms with Crippen molar-refractivity contribution in [1.29, 1.82) is 0 Å². The van der Waals surface area contributed by atoms with E-state index >= 15 is 0 Å². The third-order valence-electron chi connectivity index (χ3n) is 1.57. The highest BCUT2D eigenvalue weighted by molar-refractivity contribution is 5.09. The SMILES string of the molecule is CC(C)(C)c1cc(=O)[nH]c(=O)[nH]1. The molecule has 1 aromatic rings. The smallest absolute Gasteiger partial charge is 0.311 e. The Labute approximate surface area is 69.7 Å². The molecule has 66 valence electrons. The Balaban J connectivity index is 3.37. The van der Waals surface area contributed by atoms with Gasteiger partial charge in [0.25, 0.3) is 5.56 Å². The maximum Gasteiger partial charge on any atom is 0.325 e. The standard InChI is InChI=1S/C8H12N2O2/c1-8(2,3)5-4-6(11)10-7(12)9-5/h4H,1-3H3,(H2,9,10,11,12). The van der Waals surface area contributed by atoms with Gasteiger partial charge in [-0.05, 0) is 0 Å². The van der Waals surface area contributed by atoms with Crippen molar-refractivity contribution in [2.45, 2.75) is 26.2 Å². The summed E-state index contributed by atoms with van der Waals surface area (Å²) in [5.41, 5.74) is -0.361. The van der Waals surface area contributed by atoms with Crippen LogP contribution in [0.25, 0.3) is 0 Å². The van der Waals surface area contributed by atoms with Crippen LogP contribution in [0, 0.1) is 0 Å². The molecule has 0 aliphatic rings. The van der Waals surface area contributed by atoms with Crippen LogP contribution >= 0.6 is 0 Å². The summed E-state index contributed by atoms with van der Waals surface area (Å²) in [5, 5.41) is 0. The molecule has 0 unspecified atom stereocenters. The molecule has 1 rings (SSSR count). The molecule has 1 aromatic heterocycles. The van der Waals surface area contributed by atoms with Crippen molar-refractivity contribution >= 4 is 0 Å². The molecule has 4 heteroatoms. The summed E-state index contributed by atoms with van der Waals surface area (Å²) in [7, 11) is 0. The highest BCUT2D eigenvalue weighted by Crippen LogP contribution is 2.16. The van der Waals surface area contributed by atoms with Gasteiger partial charge in [0.2, 0.25) is 0 Å². The molecule has 0 saturated carbocycles. The van der Waals surface area contributed by atoms with Gasteiger partial charge in [0.1, 0.15) is 0 Å². The summed E-state index contributed by atoms with van der Waals surface area (Å²) in [5.74, 6) is 0. The fourth-order valence-corrected chi connectivity index (χ4v) is 0.873. The van der Waals surface area contributed by atoms with E-state index < -0.39 is 5.69 Å². The molecular formula is C8H12N2O2. The van der Waals surface area contributed by atoms with Crippen molar-refractivity contribution in [3.05, 3.63) is 32.6 Å². The van der Waals surface area contributed by atoms with Gasteiger partial charge in [-0.25, -0.2) is 4.79 Å². The van der Waals surface area contributed by atoms with E-state index in [1.807, 2.05) is 20.8 Å². The quantitative estimate of drug-likeness (QED) is 0.587. The Morgan fingerprint density at radius 2 is 1.75 bits per heavy atom. The first-order chi connectivity index (χ1) is 5.39. The summed E-state index contributed by atoms with van der Waals surface area (Å²) in [4.78, 5) is 26.4. The Hall–Kier alpha value is -1.32. The monoisotopic (exact) mass is 168 g/mol. The first-order valence-electron chi connectivity index (χ1n) is 3.74. The highest BCUT2D eigenvalue weighted by atomic mass is 16.2. The van der Waals surface area contributed by atoms with E-state index in [4.69, 9.17) is 0 Å². The molecule has 0 spiro atoms. The minimum atomic E-state index is -0.451. The molecule has 2 N–H and O–H groups in total. The largest absolute Gasteiger partial charge is 0.325 e. The number of hydrogen-bond donors (Lipinski definition) is 2. The molecule has 0 radical (unpaired) electrons. The summed E-state index contributed by atoms with van der Waals surface area (Å²) >= 11 is 0. The summed E-state index contributed by atoms with van der Waals surface area (Å²) in [6, 6.07) is 1.40. The summed E-state index contributed by atoms with van der Waals surface area (Å²) < 4.78 is 0. The Bertz CT molecular complexity index is 353. The second kappa shape index (κ2) is 2.62. The Morgan fingerprint density at radius 3 is 2.17 bits per heavy atom. The van der Waals surface area contributed by atoms with Gasteiger partial charge >= 0.3 is 5.69 Å². The number of rotatable bonds is 0. The van der Waals surface area contributed by atoms with E-state index in [2.05, 4.69) is 9.97 Å². The second-order valence-corrected chi connectivity index (χ2v) is 3.75. The van der Waals surface area contributed by atoms with Crippen LogP contribution in [0.1, 0.15) is 26.5 Å². The van der Waals surface area contributed by atoms with E-state index in [0.717, 1.165) is 0 Å². The zero-order chi connectivity index (χ0) is 9.35. The number of nitrogens with one attached hydrogen (secondary N) is 2. The van der Waals surface area contributed by atoms with Gasteiger partial charge in [0.15, 0.2) is 0 Å². The van der Waals surface area contributed by atoms with Gasteiger partial charge in [0.05, 0.1) is 0 Å². The van der Waals surface area contributed by atoms with E-state index in [9.17, 15) is 9.59 Å². The molecule has 0 saturated heterocycles. The van der Waals surface area contributed by atoms with Gasteiger partial charge in [0, 0.05) is 17.2 Å². The fourth-order valence-electron chi connectivity index (χ4n) is 0.873. The van der Waals surface area contributed by atoms with E-state index in [1.54, 1.807) is 0 Å². The summed E-state index contributed by atoms with van der Waals surface area (Å²) in [6.07, 6.45) is 0. The average molecular weight is 168 g/mol. The van der Waals surface area contributed by atoms with Crippen molar-refractivity contribution < 1.29 is 0 Å². The van der Waals surface area contributed by atoms with Crippen LogP contribution in [0.5, 0.6) is 0 Å². The van der Waals surface area contributed by atoms with E-state index in [0.29, 0.717) is 5.69 Å². The Morgan fingerprint density at radius 1 is 1.17 bits per heavy atom. The molecule has 1 heterocycles. The number of hydrogen-bond acceptors (Lipinski definition) is 2. The molecule has 4 nitrogen and oxygen atoms in total. The first kappa shape index (κ1) is 8.77. The number of aromatic nitrogens is 2. The molecule has 0 aromatic carbocycles. The van der Waals surface area contributed by atoms with Gasteiger partial charge in [-0.3, -0.25) is 9.78 Å². The fraction of sp³-hybridized carbons (Fsp3) is 0.500. The molecular weight excluding hydrogens is 156 g/mol. The zero-order valence-corrected chi connectivity index (χ0v) is 7.39. The van der Waals surface area contributed by atoms with E-state index in [-0.39, 0.29) is 11.0 Å². The van der Waals surface area contributed by atoms with Crippen molar-refractivity contribution in [2.75, 3.05) is 0 Å². The van der Waals surface area contributed by atoms with Crippen LogP contribution in [0.15, 0.2) is 15.7 Å². The molecule has 0 fully saturated rings. The van der Waals surface area contributed by atoms with Crippen molar-refractivity contribution in [2.24, 2.45) is 0 Å². The van der Waals surface area contributed by atoms with Gasteiger partial charge < -0.3 is 4.98 Å². The lowest BCUT2D eigenvalue weighted by Crippen LogP contribution is -2.27. The van der Waals surface area contributed by atoms with Crippen LogP contribution in [0.4, 0.5) is 0 Å². The lowest BCUT2D eigenvalue weighted by Gasteiger charge is -2.16. The van der Waals surface area contributed by atoms with Crippen LogP contribution < -0.4 is 11.2 Å². The van der Waals surface area contributed by atoms with Crippen molar-refractivity contribution in [3.8, 4) is 0 Å². The minimum absolute atomic E-state index is 0.201. The number of H-pyrrole nitrogens is 2. The zero-order valence-electron chi connectivity index (χ0n) is 7.39. The van der Waals surface area contributed by atoms with Crippen LogP contribution in [0.3, 0.4) is 0 Å². The van der Waals surface area contributed by atoms with Crippen molar-refractivity contribution in [3.63, 3.8) is 0 Å². The van der Waals surface area contributed by atoms with Crippen LogP contribution in [-0.2, 0) is 5.41 Å². The lowest BCUT2D eigenvalue weighted by atomic mass is 9.92. The summed E-state index contributed by atoms with van der Waals surface area (Å²) in [6.45, 7) is 5.78. The topological polar surface area (TPSA) is 65.7 Å². The Kier molecular flexibility index (Phi) is 1.92. The second-order valence-electron chi connectivity index (χ2n) is 3.75. The maximum absolute atomic E-state index is 10.9. The average Bonchev–Trinajstić information content (AvgIpc) is 1.82. The highest BCUT2D eigenvalue weighted by Gasteiger charge is 2.14. The number of aromatic amines is 2. The van der Waals surface area contributed by atoms with Crippen molar-refractivity contribution in [1.82, 2.24) is 9.97 Å². The third-order valence-corrected chi connectivity index (χ3v) is 1.57. The third kappa shape index (κ3) is 1.84. The van der Waals surface area contributed by atoms with Crippen LogP contribution in [-0.4, -0.2) is 9.97 Å². The van der Waals surface area contributed by atoms with Crippen LogP contribution in [0.2, 0.25) is 0 Å². The molecule has 0 aliphatic heterocycles. The molecule has 12 heavy (non-hydrogen) atoms. The van der Waals surface area contributed by atoms with Gasteiger partial charge in [-0.2, -0.15) is 0 Å². The lowest BCUT2D eigenvalue weighted by molar-refractivity contribution is 0.562. The molecule has 0 aliphatic carbocycles. The predicted molar refractivity (Wildman–Crippen MR) is 46.4 cm³/mol. The van der Waals surface area contributed by atoms with Gasteiger partial charge in [-0.15, -0.1) is 0 Å². The normalized spacial score (nSPS) is 11.6. The van der Waals surface area contributed by atoms with E-state index in [1.165, 1.54) is 6.07 Å². The molecule has 0 amide bonds. The first-order valence-corrected chi connectivity index (χ1v) is 3.74. The predicted octanol–water partition coefficient (Wildman–Crippen LogP) is 0.361. The maximum atomic E-state index is 10.9. The molecule has 0 atom stereocenters. The van der Waals surface area contributed by atoms with Gasteiger partial charge in [-0.1, -0.05) is 20.8 Å².